The van der Waals surface area contributed by atoms with Gasteiger partial charge in [-0.3, -0.25) is 4.79 Å². The van der Waals surface area contributed by atoms with Crippen molar-refractivity contribution in [2.75, 3.05) is 5.01 Å². The Balaban J connectivity index is 2.48. The van der Waals surface area contributed by atoms with Crippen molar-refractivity contribution >= 4 is 17.3 Å². The zero-order chi connectivity index (χ0) is 15.1. The molecule has 0 N–H and O–H groups in total. The number of hydrogen-bond donors (Lipinski definition) is 0. The number of hydrogen-bond acceptors (Lipinski definition) is 2. The van der Waals surface area contributed by atoms with Crippen LogP contribution in [0.15, 0.2) is 29.4 Å². The predicted octanol–water partition coefficient (Wildman–Crippen LogP) is 3.84. The highest BCUT2D eigenvalue weighted by molar-refractivity contribution is 6.14. The van der Waals surface area contributed by atoms with Crippen molar-refractivity contribution < 1.29 is 18.0 Å². The highest BCUT2D eigenvalue weighted by atomic mass is 19.4. The Labute approximate surface area is 115 Å². The molecule has 2 rings (SSSR count). The van der Waals surface area contributed by atoms with Gasteiger partial charge in [-0.25, -0.2) is 0 Å². The molecule has 20 heavy (non-hydrogen) atoms. The summed E-state index contributed by atoms with van der Waals surface area (Å²) in [6.07, 6.45) is -4.47. The van der Waals surface area contributed by atoms with E-state index in [1.807, 2.05) is 20.8 Å². The first-order chi connectivity index (χ1) is 9.10. The van der Waals surface area contributed by atoms with E-state index in [0.29, 0.717) is 5.71 Å². The van der Waals surface area contributed by atoms with Crippen LogP contribution in [0.4, 0.5) is 18.9 Å². The Kier molecular flexibility index (Phi) is 3.36. The van der Waals surface area contributed by atoms with E-state index < -0.39 is 17.6 Å². The van der Waals surface area contributed by atoms with Gasteiger partial charge in [0.05, 0.1) is 23.4 Å². The van der Waals surface area contributed by atoms with Crippen LogP contribution < -0.4 is 5.01 Å². The van der Waals surface area contributed by atoms with E-state index in [1.54, 1.807) is 0 Å². The molecule has 3 nitrogen and oxygen atoms in total. The summed E-state index contributed by atoms with van der Waals surface area (Å²) in [5, 5.41) is 4.95. The van der Waals surface area contributed by atoms with E-state index in [4.69, 9.17) is 0 Å². The lowest BCUT2D eigenvalue weighted by Crippen LogP contribution is -2.23. The quantitative estimate of drug-likeness (QED) is 0.771. The van der Waals surface area contributed by atoms with Crippen LogP contribution in [0, 0.1) is 5.41 Å². The largest absolute Gasteiger partial charge is 0.418 e. The van der Waals surface area contributed by atoms with E-state index in [-0.39, 0.29) is 17.5 Å². The summed E-state index contributed by atoms with van der Waals surface area (Å²) in [7, 11) is 0. The Hall–Kier alpha value is -1.85. The summed E-state index contributed by atoms with van der Waals surface area (Å²) >= 11 is 0. The topological polar surface area (TPSA) is 32.7 Å². The fourth-order valence-corrected chi connectivity index (χ4v) is 1.93. The van der Waals surface area contributed by atoms with Gasteiger partial charge in [-0.15, -0.1) is 0 Å². The lowest BCUT2D eigenvalue weighted by Gasteiger charge is -2.18. The highest BCUT2D eigenvalue weighted by Crippen LogP contribution is 2.38. The molecule has 1 heterocycles. The second kappa shape index (κ2) is 4.61. The van der Waals surface area contributed by atoms with Crippen molar-refractivity contribution in [1.82, 2.24) is 0 Å². The fourth-order valence-electron chi connectivity index (χ4n) is 1.93. The van der Waals surface area contributed by atoms with E-state index in [1.165, 1.54) is 18.2 Å². The third-order valence-electron chi connectivity index (χ3n) is 3.08. The van der Waals surface area contributed by atoms with Gasteiger partial charge in [0.15, 0.2) is 0 Å². The molecular weight excluding hydrogens is 269 g/mol. The predicted molar refractivity (Wildman–Crippen MR) is 70.4 cm³/mol. The molecule has 0 spiro atoms. The first kappa shape index (κ1) is 14.6. The number of halogens is 3. The highest BCUT2D eigenvalue weighted by Gasteiger charge is 2.39. The molecule has 0 unspecified atom stereocenters. The molecule has 0 bridgehead atoms. The van der Waals surface area contributed by atoms with Crippen molar-refractivity contribution in [3.8, 4) is 0 Å². The van der Waals surface area contributed by atoms with Crippen molar-refractivity contribution in [1.29, 1.82) is 0 Å². The zero-order valence-electron chi connectivity index (χ0n) is 11.5. The minimum Gasteiger partial charge on any atom is -0.272 e. The molecule has 0 saturated carbocycles. The maximum Gasteiger partial charge on any atom is 0.418 e. The summed E-state index contributed by atoms with van der Waals surface area (Å²) in [5.41, 5.74) is -0.839. The first-order valence-corrected chi connectivity index (χ1v) is 6.18. The molecule has 1 aromatic rings. The molecule has 108 valence electrons. The van der Waals surface area contributed by atoms with Gasteiger partial charge < -0.3 is 0 Å². The first-order valence-electron chi connectivity index (χ1n) is 6.18. The van der Waals surface area contributed by atoms with Crippen molar-refractivity contribution in [3.63, 3.8) is 0 Å². The number of carbonyl (C=O) groups is 1. The third kappa shape index (κ3) is 2.69. The SMILES string of the molecule is CC(C)(C)C1=NN(c2ccccc2C(F)(F)F)C(=O)C1. The van der Waals surface area contributed by atoms with Crippen LogP contribution in [0.1, 0.15) is 32.8 Å². The van der Waals surface area contributed by atoms with Gasteiger partial charge in [-0.1, -0.05) is 32.9 Å². The average molecular weight is 284 g/mol. The van der Waals surface area contributed by atoms with Crippen LogP contribution in [0.2, 0.25) is 0 Å². The van der Waals surface area contributed by atoms with Gasteiger partial charge in [0.1, 0.15) is 0 Å². The van der Waals surface area contributed by atoms with Crippen LogP contribution in [-0.4, -0.2) is 11.6 Å². The average Bonchev–Trinajstić information content (AvgIpc) is 2.70. The van der Waals surface area contributed by atoms with Gasteiger partial charge in [0.2, 0.25) is 0 Å². The number of alkyl halides is 3. The normalized spacial score (nSPS) is 16.6. The molecule has 0 aliphatic carbocycles. The Morgan fingerprint density at radius 2 is 1.75 bits per heavy atom. The summed E-state index contributed by atoms with van der Waals surface area (Å²) in [4.78, 5) is 12.0. The molecule has 0 aromatic heterocycles. The molecule has 1 aliphatic rings. The summed E-state index contributed by atoms with van der Waals surface area (Å²) in [6.45, 7) is 5.62. The number of nitrogens with zero attached hydrogens (tertiary/aromatic N) is 2. The Morgan fingerprint density at radius 3 is 2.25 bits per heavy atom. The third-order valence-corrected chi connectivity index (χ3v) is 3.08. The summed E-state index contributed by atoms with van der Waals surface area (Å²) in [5.74, 6) is -0.438. The van der Waals surface area contributed by atoms with Gasteiger partial charge >= 0.3 is 6.18 Å². The van der Waals surface area contributed by atoms with Gasteiger partial charge in [-0.05, 0) is 12.1 Å². The van der Waals surface area contributed by atoms with Gasteiger partial charge in [-0.2, -0.15) is 23.3 Å². The van der Waals surface area contributed by atoms with Gasteiger partial charge in [0.25, 0.3) is 5.91 Å². The standard InChI is InChI=1S/C14H15F3N2O/c1-13(2,3)11-8-12(20)19(18-11)10-7-5-4-6-9(10)14(15,16)17/h4-7H,8H2,1-3H3. The molecule has 0 saturated heterocycles. The summed E-state index contributed by atoms with van der Waals surface area (Å²) < 4.78 is 38.9. The van der Waals surface area contributed by atoms with Crippen molar-refractivity contribution in [3.05, 3.63) is 29.8 Å². The van der Waals surface area contributed by atoms with Crippen molar-refractivity contribution in [2.45, 2.75) is 33.4 Å². The van der Waals surface area contributed by atoms with Crippen LogP contribution in [0.3, 0.4) is 0 Å². The molecular formula is C14H15F3N2O. The monoisotopic (exact) mass is 284 g/mol. The number of benzene rings is 1. The lowest BCUT2D eigenvalue weighted by molar-refractivity contribution is -0.137. The van der Waals surface area contributed by atoms with Crippen LogP contribution in [0.25, 0.3) is 0 Å². The maximum absolute atomic E-state index is 13.0. The number of rotatable bonds is 1. The minimum absolute atomic E-state index is 0.0513. The smallest absolute Gasteiger partial charge is 0.272 e. The molecule has 0 radical (unpaired) electrons. The van der Waals surface area contributed by atoms with E-state index in [0.717, 1.165) is 11.1 Å². The number of hydrazone groups is 1. The van der Waals surface area contributed by atoms with Crippen LogP contribution in [-0.2, 0) is 11.0 Å². The second-order valence-corrected chi connectivity index (χ2v) is 5.69. The maximum atomic E-state index is 13.0. The molecule has 0 atom stereocenters. The van der Waals surface area contributed by atoms with Crippen molar-refractivity contribution in [2.24, 2.45) is 10.5 Å². The van der Waals surface area contributed by atoms with Crippen LogP contribution in [0.5, 0.6) is 0 Å². The fraction of sp³-hybridized carbons (Fsp3) is 0.429. The molecule has 1 aliphatic heterocycles. The molecule has 6 heteroatoms. The van der Waals surface area contributed by atoms with E-state index in [9.17, 15) is 18.0 Å². The van der Waals surface area contributed by atoms with E-state index >= 15 is 0 Å². The summed E-state index contributed by atoms with van der Waals surface area (Å²) in [6, 6.07) is 4.97. The second-order valence-electron chi connectivity index (χ2n) is 5.69. The zero-order valence-corrected chi connectivity index (χ0v) is 11.5. The molecule has 1 aromatic carbocycles. The lowest BCUT2D eigenvalue weighted by atomic mass is 9.88. The Bertz CT molecular complexity index is 571. The number of para-hydroxylation sites is 1. The van der Waals surface area contributed by atoms with Crippen LogP contribution >= 0.6 is 0 Å². The molecule has 1 amide bonds. The number of anilines is 1. The molecule has 0 fully saturated rings. The minimum atomic E-state index is -4.52. The Morgan fingerprint density at radius 1 is 1.15 bits per heavy atom. The van der Waals surface area contributed by atoms with E-state index in [2.05, 4.69) is 5.10 Å². The number of carbonyl (C=O) groups excluding carboxylic acids is 1. The van der Waals surface area contributed by atoms with Gasteiger partial charge in [0, 0.05) is 5.41 Å². The number of amides is 1.